The molecule has 0 bridgehead atoms. The quantitative estimate of drug-likeness (QED) is 0.927. The second-order valence-corrected chi connectivity index (χ2v) is 6.96. The Balaban J connectivity index is 2.24. The number of hydrogen-bond acceptors (Lipinski definition) is 3. The van der Waals surface area contributed by atoms with Crippen LogP contribution in [0.3, 0.4) is 0 Å². The van der Waals surface area contributed by atoms with E-state index in [-0.39, 0.29) is 10.9 Å². The Morgan fingerprint density at radius 3 is 2.42 bits per heavy atom. The molecule has 0 saturated heterocycles. The Labute approximate surface area is 120 Å². The molecule has 0 saturated carbocycles. The first-order chi connectivity index (χ1) is 8.88. The van der Waals surface area contributed by atoms with Gasteiger partial charge >= 0.3 is 0 Å². The smallest absolute Gasteiger partial charge is 0.265 e. The lowest BCUT2D eigenvalue weighted by Gasteiger charge is -2.06. The molecule has 1 aromatic carbocycles. The van der Waals surface area contributed by atoms with Gasteiger partial charge in [-0.05, 0) is 38.1 Å². The van der Waals surface area contributed by atoms with Crippen LogP contribution in [0.15, 0.2) is 46.0 Å². The van der Waals surface area contributed by atoms with Gasteiger partial charge in [-0.15, -0.1) is 0 Å². The Morgan fingerprint density at radius 2 is 1.89 bits per heavy atom. The summed E-state index contributed by atoms with van der Waals surface area (Å²) in [5.41, 5.74) is 0.514. The number of anilines is 1. The average molecular weight is 344 g/mol. The zero-order valence-electron chi connectivity index (χ0n) is 10.5. The second kappa shape index (κ2) is 5.34. The number of benzene rings is 1. The lowest BCUT2D eigenvalue weighted by atomic mass is 10.3. The molecule has 0 unspecified atom stereocenters. The summed E-state index contributed by atoms with van der Waals surface area (Å²) in [4.78, 5) is 0.157. The predicted molar refractivity (Wildman–Crippen MR) is 77.6 cm³/mol. The van der Waals surface area contributed by atoms with Gasteiger partial charge in [0.05, 0.1) is 6.20 Å². The summed E-state index contributed by atoms with van der Waals surface area (Å²) in [6.45, 7) is 3.87. The normalized spacial score (nSPS) is 11.8. The molecule has 5 nitrogen and oxygen atoms in total. The molecule has 0 aliphatic rings. The van der Waals surface area contributed by atoms with E-state index in [1.807, 2.05) is 13.8 Å². The molecule has 1 aromatic heterocycles. The van der Waals surface area contributed by atoms with E-state index in [0.717, 1.165) is 4.47 Å². The monoisotopic (exact) mass is 343 g/mol. The number of halogens is 1. The van der Waals surface area contributed by atoms with Gasteiger partial charge in [0.2, 0.25) is 0 Å². The van der Waals surface area contributed by atoms with Gasteiger partial charge in [0, 0.05) is 22.4 Å². The largest absolute Gasteiger partial charge is 0.280 e. The lowest BCUT2D eigenvalue weighted by Crippen LogP contribution is -2.12. The van der Waals surface area contributed by atoms with E-state index in [4.69, 9.17) is 0 Å². The van der Waals surface area contributed by atoms with Crippen molar-refractivity contribution in [3.05, 3.63) is 41.1 Å². The number of hydrogen-bond donors (Lipinski definition) is 1. The molecule has 0 atom stereocenters. The van der Waals surface area contributed by atoms with E-state index < -0.39 is 10.0 Å². The van der Waals surface area contributed by atoms with Crippen LogP contribution in [0, 0.1) is 0 Å². The molecule has 0 aliphatic carbocycles. The van der Waals surface area contributed by atoms with E-state index in [9.17, 15) is 8.42 Å². The average Bonchev–Trinajstić information content (AvgIpc) is 2.82. The summed E-state index contributed by atoms with van der Waals surface area (Å²) in [6.07, 6.45) is 2.87. The van der Waals surface area contributed by atoms with Crippen molar-refractivity contribution in [2.24, 2.45) is 0 Å². The Hall–Kier alpha value is -1.34. The van der Waals surface area contributed by atoms with Crippen LogP contribution in [0.1, 0.15) is 19.9 Å². The maximum Gasteiger partial charge on any atom is 0.265 e. The van der Waals surface area contributed by atoms with Crippen molar-refractivity contribution in [2.75, 3.05) is 4.72 Å². The van der Waals surface area contributed by atoms with Gasteiger partial charge in [-0.25, -0.2) is 8.42 Å². The van der Waals surface area contributed by atoms with E-state index in [1.165, 1.54) is 12.4 Å². The molecule has 0 aliphatic heterocycles. The molecule has 102 valence electrons. The fourth-order valence-electron chi connectivity index (χ4n) is 1.47. The van der Waals surface area contributed by atoms with Crippen molar-refractivity contribution >= 4 is 31.6 Å². The van der Waals surface area contributed by atoms with Crippen molar-refractivity contribution in [2.45, 2.75) is 24.8 Å². The van der Waals surface area contributed by atoms with Crippen molar-refractivity contribution in [1.82, 2.24) is 9.78 Å². The minimum absolute atomic E-state index is 0.122. The highest BCUT2D eigenvalue weighted by molar-refractivity contribution is 9.10. The molecule has 19 heavy (non-hydrogen) atoms. The highest BCUT2D eigenvalue weighted by Crippen LogP contribution is 2.19. The van der Waals surface area contributed by atoms with Crippen LogP contribution in [0.25, 0.3) is 0 Å². The standard InChI is InChI=1S/C12H14BrN3O2S/c1-9(2)16-8-12(7-14-16)19(17,18)15-11-5-3-10(13)4-6-11/h3-9,15H,1-2H3. The summed E-state index contributed by atoms with van der Waals surface area (Å²) in [6, 6.07) is 7.05. The first-order valence-corrected chi connectivity index (χ1v) is 7.98. The Bertz CT molecular complexity index is 663. The first-order valence-electron chi connectivity index (χ1n) is 5.71. The van der Waals surface area contributed by atoms with Gasteiger partial charge in [-0.2, -0.15) is 5.10 Å². The van der Waals surface area contributed by atoms with Crippen LogP contribution in [0.2, 0.25) is 0 Å². The highest BCUT2D eigenvalue weighted by atomic mass is 79.9. The number of sulfonamides is 1. The van der Waals surface area contributed by atoms with E-state index >= 15 is 0 Å². The number of aromatic nitrogens is 2. The molecule has 0 radical (unpaired) electrons. The fraction of sp³-hybridized carbons (Fsp3) is 0.250. The van der Waals surface area contributed by atoms with Crippen molar-refractivity contribution < 1.29 is 8.42 Å². The summed E-state index contributed by atoms with van der Waals surface area (Å²) in [7, 11) is -3.59. The second-order valence-electron chi connectivity index (χ2n) is 4.36. The minimum atomic E-state index is -3.59. The van der Waals surface area contributed by atoms with Gasteiger partial charge in [0.25, 0.3) is 10.0 Å². The van der Waals surface area contributed by atoms with Crippen LogP contribution < -0.4 is 4.72 Å². The third-order valence-electron chi connectivity index (χ3n) is 2.51. The van der Waals surface area contributed by atoms with Crippen LogP contribution in [0.5, 0.6) is 0 Å². The van der Waals surface area contributed by atoms with Gasteiger partial charge < -0.3 is 0 Å². The van der Waals surface area contributed by atoms with Crippen molar-refractivity contribution in [1.29, 1.82) is 0 Å². The van der Waals surface area contributed by atoms with Gasteiger partial charge in [-0.1, -0.05) is 15.9 Å². The number of rotatable bonds is 4. The molecular weight excluding hydrogens is 330 g/mol. The van der Waals surface area contributed by atoms with Crippen LogP contribution >= 0.6 is 15.9 Å². The summed E-state index contributed by atoms with van der Waals surface area (Å²) in [5, 5.41) is 4.03. The predicted octanol–water partition coefficient (Wildman–Crippen LogP) is 3.03. The Morgan fingerprint density at radius 1 is 1.26 bits per heavy atom. The maximum absolute atomic E-state index is 12.1. The molecule has 1 N–H and O–H groups in total. The van der Waals surface area contributed by atoms with Crippen LogP contribution in [-0.2, 0) is 10.0 Å². The summed E-state index contributed by atoms with van der Waals surface area (Å²) in [5.74, 6) is 0. The topological polar surface area (TPSA) is 64.0 Å². The molecule has 1 heterocycles. The van der Waals surface area contributed by atoms with E-state index in [2.05, 4.69) is 25.8 Å². The van der Waals surface area contributed by atoms with Gasteiger partial charge in [0.15, 0.2) is 0 Å². The fourth-order valence-corrected chi connectivity index (χ4v) is 2.74. The number of nitrogens with one attached hydrogen (secondary N) is 1. The van der Waals surface area contributed by atoms with Crippen molar-refractivity contribution in [3.63, 3.8) is 0 Å². The summed E-state index contributed by atoms with van der Waals surface area (Å²) >= 11 is 3.30. The molecule has 2 rings (SSSR count). The van der Waals surface area contributed by atoms with Gasteiger partial charge in [0.1, 0.15) is 4.90 Å². The SMILES string of the molecule is CC(C)n1cc(S(=O)(=O)Nc2ccc(Br)cc2)cn1. The van der Waals surface area contributed by atoms with Gasteiger partial charge in [-0.3, -0.25) is 9.40 Å². The molecule has 0 spiro atoms. The third-order valence-corrected chi connectivity index (χ3v) is 4.38. The third kappa shape index (κ3) is 3.36. The van der Waals surface area contributed by atoms with E-state index in [1.54, 1.807) is 28.9 Å². The molecule has 0 fully saturated rings. The zero-order chi connectivity index (χ0) is 14.0. The number of nitrogens with zero attached hydrogens (tertiary/aromatic N) is 2. The van der Waals surface area contributed by atoms with E-state index in [0.29, 0.717) is 5.69 Å². The highest BCUT2D eigenvalue weighted by Gasteiger charge is 2.17. The zero-order valence-corrected chi connectivity index (χ0v) is 12.9. The lowest BCUT2D eigenvalue weighted by molar-refractivity contribution is 0.531. The molecule has 0 amide bonds. The first kappa shape index (κ1) is 14.1. The molecule has 7 heteroatoms. The van der Waals surface area contributed by atoms with Crippen LogP contribution in [-0.4, -0.2) is 18.2 Å². The maximum atomic E-state index is 12.1. The summed E-state index contributed by atoms with van der Waals surface area (Å²) < 4.78 is 29.3. The molecule has 2 aromatic rings. The van der Waals surface area contributed by atoms with Crippen molar-refractivity contribution in [3.8, 4) is 0 Å². The minimum Gasteiger partial charge on any atom is -0.280 e. The van der Waals surface area contributed by atoms with Crippen LogP contribution in [0.4, 0.5) is 5.69 Å². The Kier molecular flexibility index (Phi) is 3.96. The molecular formula is C12H14BrN3O2S.